The van der Waals surface area contributed by atoms with Crippen LogP contribution in [0.4, 0.5) is 0 Å². The van der Waals surface area contributed by atoms with Crippen molar-refractivity contribution < 1.29 is 13.6 Å². The van der Waals surface area contributed by atoms with Crippen LogP contribution < -0.4 is 5.82 Å². The van der Waals surface area contributed by atoms with Crippen LogP contribution >= 0.6 is 0 Å². The molecular formula is C14H14O4. The Morgan fingerprint density at radius 2 is 2.00 bits per heavy atom. The van der Waals surface area contributed by atoms with Crippen LogP contribution in [-0.2, 0) is 17.8 Å². The minimum atomic E-state index is -0.706. The molecule has 0 unspecified atom stereocenters. The molecule has 1 heterocycles. The van der Waals surface area contributed by atoms with E-state index in [0.29, 0.717) is 31.2 Å². The van der Waals surface area contributed by atoms with E-state index < -0.39 is 5.82 Å². The molecule has 0 aliphatic heterocycles. The summed E-state index contributed by atoms with van der Waals surface area (Å²) in [6, 6.07) is 9.87. The van der Waals surface area contributed by atoms with Crippen LogP contribution in [0.3, 0.4) is 0 Å². The van der Waals surface area contributed by atoms with Crippen molar-refractivity contribution in [2.75, 3.05) is 6.61 Å². The Morgan fingerprint density at radius 3 is 2.72 bits per heavy atom. The molecule has 0 spiro atoms. The lowest BCUT2D eigenvalue weighted by atomic mass is 10.2. The number of rotatable bonds is 6. The summed E-state index contributed by atoms with van der Waals surface area (Å²) in [5, 5.41) is 0. The second-order valence-corrected chi connectivity index (χ2v) is 3.73. The van der Waals surface area contributed by atoms with Crippen LogP contribution in [-0.4, -0.2) is 6.61 Å². The maximum Gasteiger partial charge on any atom is 0.519 e. The summed E-state index contributed by atoms with van der Waals surface area (Å²) in [6.07, 6.45) is 1.94. The van der Waals surface area contributed by atoms with Crippen molar-refractivity contribution >= 4 is 6.08 Å². The van der Waals surface area contributed by atoms with E-state index in [1.807, 2.05) is 30.3 Å². The van der Waals surface area contributed by atoms with E-state index in [9.17, 15) is 4.79 Å². The third kappa shape index (κ3) is 3.21. The van der Waals surface area contributed by atoms with E-state index in [1.54, 1.807) is 0 Å². The molecule has 18 heavy (non-hydrogen) atoms. The Labute approximate surface area is 104 Å². The molecule has 0 atom stereocenters. The minimum absolute atomic E-state index is 0.378. The Kier molecular flexibility index (Phi) is 4.15. The molecule has 0 aliphatic carbocycles. The van der Waals surface area contributed by atoms with Gasteiger partial charge in [-0.1, -0.05) is 36.9 Å². The fraction of sp³-hybridized carbons (Fsp3) is 0.214. The zero-order valence-electron chi connectivity index (χ0n) is 9.93. The summed E-state index contributed by atoms with van der Waals surface area (Å²) in [5.41, 5.74) is 1.11. The summed E-state index contributed by atoms with van der Waals surface area (Å²) in [6.45, 7) is 4.54. The molecular weight excluding hydrogens is 232 g/mol. The fourth-order valence-corrected chi connectivity index (χ4v) is 1.58. The van der Waals surface area contributed by atoms with Crippen LogP contribution in [0.25, 0.3) is 6.08 Å². The largest absolute Gasteiger partial charge is 0.519 e. The van der Waals surface area contributed by atoms with Gasteiger partial charge in [-0.2, -0.15) is 0 Å². The summed E-state index contributed by atoms with van der Waals surface area (Å²) in [5.74, 6) is 0.148. The van der Waals surface area contributed by atoms with Crippen LogP contribution in [0, 0.1) is 0 Å². The van der Waals surface area contributed by atoms with E-state index in [4.69, 9.17) is 13.6 Å². The molecule has 0 amide bonds. The SMILES string of the molecule is C=Cc1oc(=O)oc1CCOCc1ccccc1. The van der Waals surface area contributed by atoms with Crippen LogP contribution in [0.1, 0.15) is 17.1 Å². The van der Waals surface area contributed by atoms with Crippen LogP contribution in [0.5, 0.6) is 0 Å². The van der Waals surface area contributed by atoms with Crippen molar-refractivity contribution in [3.05, 3.63) is 64.6 Å². The molecule has 2 rings (SSSR count). The first kappa shape index (κ1) is 12.4. The lowest BCUT2D eigenvalue weighted by Gasteiger charge is -2.02. The molecule has 4 heteroatoms. The Balaban J connectivity index is 1.82. The monoisotopic (exact) mass is 246 g/mol. The molecule has 94 valence electrons. The number of benzene rings is 1. The first-order valence-corrected chi connectivity index (χ1v) is 5.66. The van der Waals surface area contributed by atoms with E-state index in [-0.39, 0.29) is 0 Å². The molecule has 0 radical (unpaired) electrons. The van der Waals surface area contributed by atoms with Gasteiger partial charge in [0.15, 0.2) is 11.5 Å². The van der Waals surface area contributed by atoms with E-state index >= 15 is 0 Å². The lowest BCUT2D eigenvalue weighted by molar-refractivity contribution is 0.120. The smallest absolute Gasteiger partial charge is 0.395 e. The lowest BCUT2D eigenvalue weighted by Crippen LogP contribution is -1.99. The number of hydrogen-bond acceptors (Lipinski definition) is 4. The van der Waals surface area contributed by atoms with Gasteiger partial charge in [-0.25, -0.2) is 4.79 Å². The molecule has 0 saturated heterocycles. The van der Waals surface area contributed by atoms with E-state index in [0.717, 1.165) is 5.56 Å². The molecule has 4 nitrogen and oxygen atoms in total. The Morgan fingerprint density at radius 1 is 1.22 bits per heavy atom. The predicted molar refractivity (Wildman–Crippen MR) is 67.1 cm³/mol. The van der Waals surface area contributed by atoms with Gasteiger partial charge < -0.3 is 13.6 Å². The second-order valence-electron chi connectivity index (χ2n) is 3.73. The number of hydrogen-bond donors (Lipinski definition) is 0. The summed E-state index contributed by atoms with van der Waals surface area (Å²) >= 11 is 0. The van der Waals surface area contributed by atoms with E-state index in [2.05, 4.69) is 6.58 Å². The summed E-state index contributed by atoms with van der Waals surface area (Å²) < 4.78 is 15.2. The molecule has 0 saturated carbocycles. The van der Waals surface area contributed by atoms with Gasteiger partial charge in [0.2, 0.25) is 0 Å². The highest BCUT2D eigenvalue weighted by atomic mass is 16.6. The van der Waals surface area contributed by atoms with Gasteiger partial charge >= 0.3 is 5.82 Å². The average Bonchev–Trinajstić information content (AvgIpc) is 2.76. The molecule has 0 fully saturated rings. The summed E-state index contributed by atoms with van der Waals surface area (Å²) in [7, 11) is 0. The Bertz CT molecular complexity index is 551. The normalized spacial score (nSPS) is 10.4. The first-order chi connectivity index (χ1) is 8.79. The maximum absolute atomic E-state index is 10.9. The summed E-state index contributed by atoms with van der Waals surface area (Å²) in [4.78, 5) is 10.9. The zero-order valence-corrected chi connectivity index (χ0v) is 9.93. The highest BCUT2D eigenvalue weighted by Gasteiger charge is 2.09. The van der Waals surface area contributed by atoms with Gasteiger partial charge in [0.05, 0.1) is 13.2 Å². The Hall–Kier alpha value is -2.07. The molecule has 1 aromatic heterocycles. The van der Waals surface area contributed by atoms with Crippen LogP contribution in [0.15, 0.2) is 50.5 Å². The molecule has 1 aromatic carbocycles. The third-order valence-electron chi connectivity index (χ3n) is 2.45. The van der Waals surface area contributed by atoms with Crippen molar-refractivity contribution in [1.82, 2.24) is 0 Å². The average molecular weight is 246 g/mol. The first-order valence-electron chi connectivity index (χ1n) is 5.66. The topological polar surface area (TPSA) is 52.6 Å². The number of ether oxygens (including phenoxy) is 1. The third-order valence-corrected chi connectivity index (χ3v) is 2.45. The van der Waals surface area contributed by atoms with Crippen molar-refractivity contribution in [1.29, 1.82) is 0 Å². The molecule has 0 aliphatic rings. The second kappa shape index (κ2) is 6.02. The van der Waals surface area contributed by atoms with Crippen molar-refractivity contribution in [3.8, 4) is 0 Å². The van der Waals surface area contributed by atoms with Gasteiger partial charge in [0, 0.05) is 6.42 Å². The quantitative estimate of drug-likeness (QED) is 0.735. The van der Waals surface area contributed by atoms with Crippen molar-refractivity contribution in [2.24, 2.45) is 0 Å². The highest BCUT2D eigenvalue weighted by Crippen LogP contribution is 2.09. The van der Waals surface area contributed by atoms with Gasteiger partial charge in [-0.05, 0) is 11.6 Å². The molecule has 0 bridgehead atoms. The standard InChI is InChI=1S/C14H14O4/c1-2-12-13(18-14(15)17-12)8-9-16-10-11-6-4-3-5-7-11/h2-7H,1,8-10H2. The van der Waals surface area contributed by atoms with Gasteiger partial charge in [-0.15, -0.1) is 0 Å². The maximum atomic E-state index is 10.9. The van der Waals surface area contributed by atoms with Gasteiger partial charge in [-0.3, -0.25) is 0 Å². The van der Waals surface area contributed by atoms with Gasteiger partial charge in [0.1, 0.15) is 0 Å². The van der Waals surface area contributed by atoms with Crippen molar-refractivity contribution in [2.45, 2.75) is 13.0 Å². The zero-order chi connectivity index (χ0) is 12.8. The fourth-order valence-electron chi connectivity index (χ4n) is 1.58. The minimum Gasteiger partial charge on any atom is -0.395 e. The molecule has 2 aromatic rings. The van der Waals surface area contributed by atoms with Crippen molar-refractivity contribution in [3.63, 3.8) is 0 Å². The highest BCUT2D eigenvalue weighted by molar-refractivity contribution is 5.40. The molecule has 0 N–H and O–H groups in total. The van der Waals surface area contributed by atoms with Crippen LogP contribution in [0.2, 0.25) is 0 Å². The predicted octanol–water partition coefficient (Wildman–Crippen LogP) is 2.64. The van der Waals surface area contributed by atoms with E-state index in [1.165, 1.54) is 6.08 Å². The van der Waals surface area contributed by atoms with Gasteiger partial charge in [0.25, 0.3) is 0 Å².